The summed E-state index contributed by atoms with van der Waals surface area (Å²) in [7, 11) is 1.51. The molecule has 0 spiro atoms. The summed E-state index contributed by atoms with van der Waals surface area (Å²) in [6.07, 6.45) is -1.27. The van der Waals surface area contributed by atoms with Crippen molar-refractivity contribution in [2.24, 2.45) is 0 Å². The van der Waals surface area contributed by atoms with Crippen molar-refractivity contribution in [3.63, 3.8) is 0 Å². The molecule has 0 bridgehead atoms. The van der Waals surface area contributed by atoms with Crippen LogP contribution in [-0.4, -0.2) is 26.4 Å². The molecule has 0 radical (unpaired) electrons. The number of anilines is 1. The number of rotatable bonds is 4. The maximum Gasteiger partial charge on any atom is 0.141 e. The van der Waals surface area contributed by atoms with Crippen LogP contribution in [0.4, 0.5) is 10.5 Å². The zero-order valence-electron chi connectivity index (χ0n) is 8.27. The summed E-state index contributed by atoms with van der Waals surface area (Å²) in [5.74, 6) is 0. The molecule has 0 saturated heterocycles. The first-order valence-electron chi connectivity index (χ1n) is 4.38. The second kappa shape index (κ2) is 5.58. The molecule has 0 heterocycles. The fraction of sp³-hybridized carbons (Fsp3) is 0.300. The number of carbonyl (C=O) groups excluding carboxylic acids is 1. The van der Waals surface area contributed by atoms with Crippen LogP contribution in [0, 0.1) is 0 Å². The minimum atomic E-state index is -1.27. The molecule has 1 amide bonds. The molecular formula is C10H11ClNO3-. The van der Waals surface area contributed by atoms with Crippen LogP contribution < -0.4 is 10.0 Å². The minimum absolute atomic E-state index is 0.221. The molecular weight excluding hydrogens is 218 g/mol. The van der Waals surface area contributed by atoms with Gasteiger partial charge in [0.25, 0.3) is 0 Å². The molecule has 82 valence electrons. The maximum atomic E-state index is 10.8. The summed E-state index contributed by atoms with van der Waals surface area (Å²) in [6, 6.07) is 6.57. The highest BCUT2D eigenvalue weighted by Gasteiger charge is 2.07. The third kappa shape index (κ3) is 3.42. The number of hydrogen-bond acceptors (Lipinski definition) is 3. The van der Waals surface area contributed by atoms with Crippen molar-refractivity contribution < 1.29 is 14.6 Å². The standard InChI is InChI=1S/C10H12ClNO3/c1-15-6-5-12(10(13)14)9-4-2-3-8(11)7-9/h2-4,7H,5-6H2,1H3,(H,13,14)/p-1. The van der Waals surface area contributed by atoms with Gasteiger partial charge < -0.3 is 19.5 Å². The van der Waals surface area contributed by atoms with Gasteiger partial charge in [-0.25, -0.2) is 0 Å². The van der Waals surface area contributed by atoms with Gasteiger partial charge in [0.1, 0.15) is 6.09 Å². The number of hydrogen-bond donors (Lipinski definition) is 0. The molecule has 0 aliphatic heterocycles. The van der Waals surface area contributed by atoms with E-state index in [0.717, 1.165) is 4.90 Å². The average Bonchev–Trinajstić information content (AvgIpc) is 2.18. The first-order valence-corrected chi connectivity index (χ1v) is 4.76. The zero-order chi connectivity index (χ0) is 11.3. The Balaban J connectivity index is 2.84. The van der Waals surface area contributed by atoms with E-state index in [1.54, 1.807) is 24.3 Å². The smallest absolute Gasteiger partial charge is 0.141 e. The summed E-state index contributed by atoms with van der Waals surface area (Å²) in [5.41, 5.74) is 0.486. The minimum Gasteiger partial charge on any atom is -0.530 e. The van der Waals surface area contributed by atoms with Crippen molar-refractivity contribution in [3.8, 4) is 0 Å². The van der Waals surface area contributed by atoms with E-state index in [4.69, 9.17) is 16.3 Å². The predicted octanol–water partition coefficient (Wildman–Crippen LogP) is 1.14. The van der Waals surface area contributed by atoms with E-state index in [2.05, 4.69) is 0 Å². The highest BCUT2D eigenvalue weighted by molar-refractivity contribution is 6.30. The highest BCUT2D eigenvalue weighted by Crippen LogP contribution is 2.18. The molecule has 0 fully saturated rings. The topological polar surface area (TPSA) is 52.6 Å². The number of benzene rings is 1. The number of ether oxygens (including phenoxy) is 1. The molecule has 0 aliphatic carbocycles. The van der Waals surface area contributed by atoms with Crippen LogP contribution in [0.2, 0.25) is 5.02 Å². The SMILES string of the molecule is COCCN(C(=O)[O-])c1cccc(Cl)c1. The Bertz CT molecular complexity index is 343. The zero-order valence-corrected chi connectivity index (χ0v) is 9.03. The first kappa shape index (κ1) is 11.8. The van der Waals surface area contributed by atoms with Crippen LogP contribution in [0.3, 0.4) is 0 Å². The summed E-state index contributed by atoms with van der Waals surface area (Å²) < 4.78 is 4.81. The largest absolute Gasteiger partial charge is 0.530 e. The van der Waals surface area contributed by atoms with Crippen LogP contribution in [0.1, 0.15) is 0 Å². The van der Waals surface area contributed by atoms with Gasteiger partial charge in [-0.2, -0.15) is 0 Å². The Kier molecular flexibility index (Phi) is 4.39. The van der Waals surface area contributed by atoms with Crippen LogP contribution in [0.15, 0.2) is 24.3 Å². The Morgan fingerprint density at radius 1 is 1.60 bits per heavy atom. The summed E-state index contributed by atoms with van der Waals surface area (Å²) >= 11 is 5.76. The number of carboxylic acid groups (broad SMARTS) is 1. The van der Waals surface area contributed by atoms with Crippen LogP contribution in [0.25, 0.3) is 0 Å². The van der Waals surface area contributed by atoms with Gasteiger partial charge in [-0.05, 0) is 18.2 Å². The lowest BCUT2D eigenvalue weighted by atomic mass is 10.3. The molecule has 1 aromatic rings. The lowest BCUT2D eigenvalue weighted by Gasteiger charge is -2.24. The fourth-order valence-electron chi connectivity index (χ4n) is 1.15. The molecule has 4 nitrogen and oxygen atoms in total. The van der Waals surface area contributed by atoms with Gasteiger partial charge in [0, 0.05) is 24.4 Å². The first-order chi connectivity index (χ1) is 7.15. The highest BCUT2D eigenvalue weighted by atomic mass is 35.5. The van der Waals surface area contributed by atoms with E-state index in [0.29, 0.717) is 17.3 Å². The Morgan fingerprint density at radius 2 is 2.33 bits per heavy atom. The van der Waals surface area contributed by atoms with E-state index in [-0.39, 0.29) is 6.54 Å². The van der Waals surface area contributed by atoms with Gasteiger partial charge in [-0.15, -0.1) is 0 Å². The Morgan fingerprint density at radius 3 is 2.87 bits per heavy atom. The van der Waals surface area contributed by atoms with Gasteiger partial charge in [-0.3, -0.25) is 0 Å². The quantitative estimate of drug-likeness (QED) is 0.777. The van der Waals surface area contributed by atoms with Crippen LogP contribution >= 0.6 is 11.6 Å². The van der Waals surface area contributed by atoms with Crippen molar-refractivity contribution in [3.05, 3.63) is 29.3 Å². The van der Waals surface area contributed by atoms with Crippen molar-refractivity contribution >= 4 is 23.4 Å². The molecule has 0 aromatic heterocycles. The number of nitrogens with zero attached hydrogens (tertiary/aromatic N) is 1. The summed E-state index contributed by atoms with van der Waals surface area (Å²) in [6.45, 7) is 0.527. The Labute approximate surface area is 93.0 Å². The second-order valence-electron chi connectivity index (χ2n) is 2.89. The van der Waals surface area contributed by atoms with Crippen molar-refractivity contribution in [1.82, 2.24) is 0 Å². The molecule has 0 saturated carbocycles. The lowest BCUT2D eigenvalue weighted by molar-refractivity contribution is -0.246. The van der Waals surface area contributed by atoms with E-state index < -0.39 is 6.09 Å². The number of amides is 1. The monoisotopic (exact) mass is 228 g/mol. The van der Waals surface area contributed by atoms with Gasteiger partial charge in [-0.1, -0.05) is 17.7 Å². The molecule has 0 unspecified atom stereocenters. The number of halogens is 1. The van der Waals surface area contributed by atoms with Gasteiger partial charge >= 0.3 is 0 Å². The van der Waals surface area contributed by atoms with Crippen LogP contribution in [0.5, 0.6) is 0 Å². The third-order valence-corrected chi connectivity index (χ3v) is 2.09. The van der Waals surface area contributed by atoms with E-state index in [1.807, 2.05) is 0 Å². The number of methoxy groups -OCH3 is 1. The molecule has 1 rings (SSSR count). The molecule has 0 aliphatic rings. The molecule has 15 heavy (non-hydrogen) atoms. The fourth-order valence-corrected chi connectivity index (χ4v) is 1.34. The van der Waals surface area contributed by atoms with E-state index >= 15 is 0 Å². The van der Waals surface area contributed by atoms with Gasteiger partial charge in [0.2, 0.25) is 0 Å². The van der Waals surface area contributed by atoms with E-state index in [1.165, 1.54) is 7.11 Å². The van der Waals surface area contributed by atoms with Crippen molar-refractivity contribution in [2.45, 2.75) is 0 Å². The second-order valence-corrected chi connectivity index (χ2v) is 3.33. The number of carbonyl (C=O) groups is 1. The third-order valence-electron chi connectivity index (χ3n) is 1.86. The van der Waals surface area contributed by atoms with Crippen molar-refractivity contribution in [1.29, 1.82) is 0 Å². The lowest BCUT2D eigenvalue weighted by Crippen LogP contribution is -2.43. The van der Waals surface area contributed by atoms with Gasteiger partial charge in [0.05, 0.1) is 6.61 Å². The van der Waals surface area contributed by atoms with Gasteiger partial charge in [0.15, 0.2) is 0 Å². The molecule has 0 atom stereocenters. The van der Waals surface area contributed by atoms with Crippen molar-refractivity contribution in [2.75, 3.05) is 25.2 Å². The Hall–Kier alpha value is -1.26. The summed E-state index contributed by atoms with van der Waals surface area (Å²) in [5, 5.41) is 11.3. The van der Waals surface area contributed by atoms with Crippen LogP contribution in [-0.2, 0) is 4.74 Å². The predicted molar refractivity (Wildman–Crippen MR) is 56.1 cm³/mol. The van der Waals surface area contributed by atoms with E-state index in [9.17, 15) is 9.90 Å². The normalized spacial score (nSPS) is 10.0. The maximum absolute atomic E-state index is 10.8. The molecule has 0 N–H and O–H groups in total. The molecule has 1 aromatic carbocycles. The molecule has 5 heteroatoms. The summed E-state index contributed by atoms with van der Waals surface area (Å²) in [4.78, 5) is 11.9. The average molecular weight is 229 g/mol.